The van der Waals surface area contributed by atoms with Crippen LogP contribution in [-0.4, -0.2) is 109 Å². The van der Waals surface area contributed by atoms with E-state index in [1.54, 1.807) is 50.2 Å². The largest absolute Gasteiger partial charge is 0.492 e. The Balaban J connectivity index is 1.56. The highest BCUT2D eigenvalue weighted by Gasteiger charge is 2.36. The number of fused-ring (bicyclic) bond motifs is 5. The Morgan fingerprint density at radius 1 is 0.896 bits per heavy atom. The first-order chi connectivity index (χ1) is 32.0. The van der Waals surface area contributed by atoms with E-state index in [9.17, 15) is 29.2 Å². The number of hydrogen-bond donors (Lipinski definition) is 7. The number of amides is 5. The van der Waals surface area contributed by atoms with Gasteiger partial charge in [0.1, 0.15) is 55.4 Å². The minimum Gasteiger partial charge on any atom is -0.492 e. The molecule has 18 nitrogen and oxygen atoms in total. The van der Waals surface area contributed by atoms with Crippen LogP contribution in [0, 0.1) is 25.2 Å². The maximum atomic E-state index is 14.7. The van der Waals surface area contributed by atoms with E-state index in [0.29, 0.717) is 51.0 Å². The summed E-state index contributed by atoms with van der Waals surface area (Å²) in [4.78, 5) is 81.2. The van der Waals surface area contributed by atoms with Gasteiger partial charge < -0.3 is 52.8 Å². The smallest absolute Gasteiger partial charge is 0.255 e. The molecule has 67 heavy (non-hydrogen) atoms. The van der Waals surface area contributed by atoms with Crippen LogP contribution in [0.4, 0.5) is 0 Å². The number of aryl methyl sites for hydroxylation is 2. The zero-order valence-electron chi connectivity index (χ0n) is 39.3. The van der Waals surface area contributed by atoms with E-state index in [1.165, 1.54) is 24.4 Å². The number of carbonyl (C=O) groups excluding carboxylic acids is 5. The summed E-state index contributed by atoms with van der Waals surface area (Å²) >= 11 is 0. The molecular formula is C49H63N11O7. The first-order valence-corrected chi connectivity index (χ1v) is 22.4. The van der Waals surface area contributed by atoms with Gasteiger partial charge >= 0.3 is 0 Å². The Bertz CT molecular complexity index is 2460. The monoisotopic (exact) mass is 917 g/mol. The number of ether oxygens (including phenoxy) is 2. The number of aromatic nitrogens is 2. The summed E-state index contributed by atoms with van der Waals surface area (Å²) in [5, 5.41) is 19.9. The Labute approximate surface area is 391 Å². The van der Waals surface area contributed by atoms with Crippen LogP contribution in [0.25, 0.3) is 22.5 Å². The van der Waals surface area contributed by atoms with Crippen LogP contribution in [0.3, 0.4) is 0 Å². The van der Waals surface area contributed by atoms with Crippen molar-refractivity contribution in [1.82, 2.24) is 36.1 Å². The standard InChI is InChI=1S/C49H63N11O7/c1-8-49(5,6)34-13-10-32(11-14-34)43-55-28(2)41(29(3)56-43)46(63)58-37(17-18-50)48(65)60(7)42-33-12-16-40(67-24-21-53)36(27-33)35-25-31(9-15-39(35)66-23-20-52)26-38(45(62)54-22-19-51)59-44(61)30(4)57-47(42)64/h9-16,25,27,30,37-38,42H,8,17-18,20-24,26,50,52-53H2,1-7H3,(H,54,62)(H,57,64)(H,58,63)(H,59,61)/t30-,37-,38-,42-/m0/s1. The molecule has 18 heteroatoms. The lowest BCUT2D eigenvalue weighted by Crippen LogP contribution is -2.56. The van der Waals surface area contributed by atoms with Crippen molar-refractivity contribution in [2.45, 2.75) is 90.4 Å². The molecule has 0 saturated heterocycles. The van der Waals surface area contributed by atoms with Gasteiger partial charge in [-0.25, -0.2) is 9.97 Å². The quantitative estimate of drug-likeness (QED) is 0.0752. The minimum atomic E-state index is -1.41. The highest BCUT2D eigenvalue weighted by Crippen LogP contribution is 2.40. The molecule has 5 rings (SSSR count). The van der Waals surface area contributed by atoms with Gasteiger partial charge in [-0.05, 0) is 86.5 Å². The van der Waals surface area contributed by atoms with Crippen molar-refractivity contribution >= 4 is 29.5 Å². The van der Waals surface area contributed by atoms with Crippen LogP contribution in [-0.2, 0) is 31.0 Å². The van der Waals surface area contributed by atoms with Gasteiger partial charge in [-0.1, -0.05) is 57.2 Å². The molecule has 5 amide bonds. The molecule has 2 heterocycles. The highest BCUT2D eigenvalue weighted by atomic mass is 16.5. The third-order valence-electron chi connectivity index (χ3n) is 11.9. The lowest BCUT2D eigenvalue weighted by molar-refractivity contribution is -0.141. The summed E-state index contributed by atoms with van der Waals surface area (Å²) < 4.78 is 12.2. The number of nitriles is 1. The van der Waals surface area contributed by atoms with Crippen LogP contribution in [0.1, 0.15) is 85.0 Å². The number of nitrogens with zero attached hydrogens (tertiary/aromatic N) is 4. The molecule has 4 atom stereocenters. The van der Waals surface area contributed by atoms with Gasteiger partial charge in [-0.3, -0.25) is 24.0 Å². The minimum absolute atomic E-state index is 0.000554. The SMILES string of the molecule is CCC(C)(C)c1ccc(-c2nc(C)c(C(=O)N[C@@H](CCN)C(=O)N(C)[C@@H]3C(=O)N[C@@H](C)C(=O)N[C@H](C(=O)NCC#N)Cc4ccc(OCCN)c(c4)-c4cc3ccc4OCCN)c(C)n2)cc1. The van der Waals surface area contributed by atoms with Gasteiger partial charge in [-0.2, -0.15) is 5.26 Å². The summed E-state index contributed by atoms with van der Waals surface area (Å²) in [7, 11) is 1.42. The summed E-state index contributed by atoms with van der Waals surface area (Å²) in [5.74, 6) is -2.12. The molecular weight excluding hydrogens is 855 g/mol. The van der Waals surface area contributed by atoms with Crippen LogP contribution >= 0.6 is 0 Å². The van der Waals surface area contributed by atoms with Gasteiger partial charge in [0.2, 0.25) is 23.6 Å². The van der Waals surface area contributed by atoms with Crippen LogP contribution < -0.4 is 47.9 Å². The Morgan fingerprint density at radius 3 is 2.09 bits per heavy atom. The average Bonchev–Trinajstić information content (AvgIpc) is 3.31. The number of hydrogen-bond acceptors (Lipinski definition) is 13. The van der Waals surface area contributed by atoms with Crippen LogP contribution in [0.15, 0.2) is 60.7 Å². The predicted octanol–water partition coefficient (Wildman–Crippen LogP) is 2.62. The highest BCUT2D eigenvalue weighted by molar-refractivity contribution is 6.00. The molecule has 1 aliphatic rings. The van der Waals surface area contributed by atoms with Crippen molar-refractivity contribution in [2.24, 2.45) is 17.2 Å². The fourth-order valence-corrected chi connectivity index (χ4v) is 7.81. The second kappa shape index (κ2) is 23.0. The molecule has 0 spiro atoms. The summed E-state index contributed by atoms with van der Waals surface area (Å²) in [6, 6.07) is 15.1. The van der Waals surface area contributed by atoms with E-state index >= 15 is 0 Å². The Morgan fingerprint density at radius 2 is 1.51 bits per heavy atom. The summed E-state index contributed by atoms with van der Waals surface area (Å²) in [6.07, 6.45) is 0.970. The van der Waals surface area contributed by atoms with Crippen molar-refractivity contribution in [3.8, 4) is 40.1 Å². The fourth-order valence-electron chi connectivity index (χ4n) is 7.81. The number of nitrogens with two attached hydrogens (primary N) is 3. The van der Waals surface area contributed by atoms with Crippen LogP contribution in [0.5, 0.6) is 11.5 Å². The van der Waals surface area contributed by atoms with Crippen molar-refractivity contribution in [2.75, 3.05) is 46.4 Å². The van der Waals surface area contributed by atoms with Crippen LogP contribution in [0.2, 0.25) is 0 Å². The molecule has 1 aromatic heterocycles. The maximum absolute atomic E-state index is 14.7. The normalized spacial score (nSPS) is 16.6. The molecule has 4 bridgehead atoms. The summed E-state index contributed by atoms with van der Waals surface area (Å²) in [5.41, 5.74) is 22.6. The van der Waals surface area contributed by atoms with E-state index in [1.807, 2.05) is 18.2 Å². The molecule has 0 fully saturated rings. The number of nitrogens with one attached hydrogen (secondary N) is 4. The zero-order chi connectivity index (χ0) is 49.0. The predicted molar refractivity (Wildman–Crippen MR) is 254 cm³/mol. The topological polar surface area (TPSA) is 283 Å². The van der Waals surface area contributed by atoms with Crippen molar-refractivity contribution < 1.29 is 33.4 Å². The lowest BCUT2D eigenvalue weighted by Gasteiger charge is -2.32. The van der Waals surface area contributed by atoms with Gasteiger partial charge in [0.25, 0.3) is 5.91 Å². The van der Waals surface area contributed by atoms with E-state index < -0.39 is 53.7 Å². The first-order valence-electron chi connectivity index (χ1n) is 22.4. The molecule has 0 aliphatic carbocycles. The van der Waals surface area contributed by atoms with Gasteiger partial charge in [0, 0.05) is 43.2 Å². The summed E-state index contributed by atoms with van der Waals surface area (Å²) in [6.45, 7) is 11.7. The number of benzene rings is 3. The van der Waals surface area contributed by atoms with E-state index in [4.69, 9.17) is 26.7 Å². The average molecular weight is 918 g/mol. The number of rotatable bonds is 17. The number of carbonyl (C=O) groups is 5. The molecule has 1 aliphatic heterocycles. The molecule has 10 N–H and O–H groups in total. The molecule has 0 saturated carbocycles. The second-order valence-corrected chi connectivity index (χ2v) is 17.1. The molecule has 0 unspecified atom stereocenters. The van der Waals surface area contributed by atoms with Gasteiger partial charge in [-0.15, -0.1) is 0 Å². The van der Waals surface area contributed by atoms with Gasteiger partial charge in [0.15, 0.2) is 5.82 Å². The maximum Gasteiger partial charge on any atom is 0.255 e. The van der Waals surface area contributed by atoms with E-state index in [0.717, 1.165) is 12.0 Å². The third kappa shape index (κ3) is 12.3. The van der Waals surface area contributed by atoms with Gasteiger partial charge in [0.05, 0.1) is 23.0 Å². The van der Waals surface area contributed by atoms with E-state index in [2.05, 4.69) is 64.1 Å². The third-order valence-corrected chi connectivity index (χ3v) is 11.9. The molecule has 3 aromatic carbocycles. The molecule has 356 valence electrons. The number of likely N-dealkylation sites (N-methyl/N-ethyl adjacent to an activating group) is 1. The lowest BCUT2D eigenvalue weighted by atomic mass is 9.82. The molecule has 4 aromatic rings. The second-order valence-electron chi connectivity index (χ2n) is 17.1. The first kappa shape index (κ1) is 51.1. The zero-order valence-corrected chi connectivity index (χ0v) is 39.3. The van der Waals surface area contributed by atoms with E-state index in [-0.39, 0.29) is 63.2 Å². The fraction of sp³-hybridized carbons (Fsp3) is 0.429. The van der Waals surface area contributed by atoms with Crippen molar-refractivity contribution in [3.05, 3.63) is 94.3 Å². The molecule has 0 radical (unpaired) electrons. The van der Waals surface area contributed by atoms with Crippen molar-refractivity contribution in [1.29, 1.82) is 5.26 Å². The Kier molecular flexibility index (Phi) is 17.5. The Hall–Kier alpha value is -6.94. The van der Waals surface area contributed by atoms with Crippen molar-refractivity contribution in [3.63, 3.8) is 0 Å².